The lowest BCUT2D eigenvalue weighted by Gasteiger charge is -2.34. The number of hydrogen-bond acceptors (Lipinski definition) is 4. The van der Waals surface area contributed by atoms with Gasteiger partial charge in [-0.2, -0.15) is 0 Å². The van der Waals surface area contributed by atoms with Gasteiger partial charge in [-0.15, -0.1) is 0 Å². The summed E-state index contributed by atoms with van der Waals surface area (Å²) in [6.45, 7) is 6.23. The second-order valence-electron chi connectivity index (χ2n) is 5.78. The molecule has 0 atom stereocenters. The van der Waals surface area contributed by atoms with E-state index in [1.807, 2.05) is 30.3 Å². The Labute approximate surface area is 144 Å². The first kappa shape index (κ1) is 18.5. The standard InChI is InChI=1S/C18H29N3O3/c1-3-19-17(20-11-14-24-16-7-5-4-6-8-16)21-15-18(22-2)9-12-23-13-10-18/h4-8H,3,9-15H2,1-2H3,(H2,19,20,21). The van der Waals surface area contributed by atoms with Crippen LogP contribution in [0.25, 0.3) is 0 Å². The minimum absolute atomic E-state index is 0.207. The van der Waals surface area contributed by atoms with Crippen molar-refractivity contribution in [3.63, 3.8) is 0 Å². The van der Waals surface area contributed by atoms with Crippen molar-refractivity contribution in [1.82, 2.24) is 10.6 Å². The third-order valence-corrected chi connectivity index (χ3v) is 4.11. The Hall–Kier alpha value is -1.79. The molecule has 0 radical (unpaired) electrons. The Morgan fingerprint density at radius 2 is 1.96 bits per heavy atom. The highest BCUT2D eigenvalue weighted by molar-refractivity contribution is 5.79. The van der Waals surface area contributed by atoms with Gasteiger partial charge in [0.2, 0.25) is 0 Å². The van der Waals surface area contributed by atoms with E-state index in [1.165, 1.54) is 0 Å². The molecule has 1 aromatic carbocycles. The van der Waals surface area contributed by atoms with Gasteiger partial charge in [-0.25, -0.2) is 0 Å². The van der Waals surface area contributed by atoms with E-state index in [1.54, 1.807) is 7.11 Å². The molecule has 1 saturated heterocycles. The quantitative estimate of drug-likeness (QED) is 0.431. The van der Waals surface area contributed by atoms with Crippen LogP contribution in [0.1, 0.15) is 19.8 Å². The number of nitrogens with zero attached hydrogens (tertiary/aromatic N) is 1. The van der Waals surface area contributed by atoms with Gasteiger partial charge in [-0.1, -0.05) is 18.2 Å². The molecule has 1 aliphatic heterocycles. The van der Waals surface area contributed by atoms with E-state index in [9.17, 15) is 0 Å². The maximum Gasteiger partial charge on any atom is 0.191 e. The van der Waals surface area contributed by atoms with Crippen LogP contribution in [0, 0.1) is 0 Å². The lowest BCUT2D eigenvalue weighted by molar-refractivity contribution is -0.0828. The Bertz CT molecular complexity index is 488. The van der Waals surface area contributed by atoms with Crippen molar-refractivity contribution in [1.29, 1.82) is 0 Å². The summed E-state index contributed by atoms with van der Waals surface area (Å²) in [7, 11) is 1.76. The first-order chi connectivity index (χ1) is 11.8. The molecule has 134 valence electrons. The summed E-state index contributed by atoms with van der Waals surface area (Å²) in [5.74, 6) is 1.67. The van der Waals surface area contributed by atoms with Gasteiger partial charge in [0.05, 0.1) is 18.7 Å². The van der Waals surface area contributed by atoms with Gasteiger partial charge in [0, 0.05) is 39.7 Å². The van der Waals surface area contributed by atoms with Gasteiger partial charge < -0.3 is 24.8 Å². The molecule has 1 fully saturated rings. The van der Waals surface area contributed by atoms with Crippen LogP contribution in [0.2, 0.25) is 0 Å². The van der Waals surface area contributed by atoms with Gasteiger partial charge in [0.1, 0.15) is 12.4 Å². The maximum absolute atomic E-state index is 5.72. The topological polar surface area (TPSA) is 64.1 Å². The molecular formula is C18H29N3O3. The number of ether oxygens (including phenoxy) is 3. The summed E-state index contributed by atoms with van der Waals surface area (Å²) in [6.07, 6.45) is 1.76. The van der Waals surface area contributed by atoms with Crippen LogP contribution in [-0.2, 0) is 9.47 Å². The fourth-order valence-electron chi connectivity index (χ4n) is 2.59. The second kappa shape index (κ2) is 10.2. The number of benzene rings is 1. The Kier molecular flexibility index (Phi) is 7.85. The van der Waals surface area contributed by atoms with Gasteiger partial charge in [-0.3, -0.25) is 4.99 Å². The molecule has 24 heavy (non-hydrogen) atoms. The van der Waals surface area contributed by atoms with E-state index in [0.717, 1.165) is 44.3 Å². The zero-order valence-electron chi connectivity index (χ0n) is 14.7. The van der Waals surface area contributed by atoms with Crippen molar-refractivity contribution in [3.8, 4) is 5.75 Å². The summed E-state index contributed by atoms with van der Waals surface area (Å²) in [6, 6.07) is 9.81. The predicted octanol–water partition coefficient (Wildman–Crippen LogP) is 1.82. The molecule has 0 bridgehead atoms. The van der Waals surface area contributed by atoms with Crippen molar-refractivity contribution < 1.29 is 14.2 Å². The van der Waals surface area contributed by atoms with E-state index >= 15 is 0 Å². The van der Waals surface area contributed by atoms with Gasteiger partial charge >= 0.3 is 0 Å². The van der Waals surface area contributed by atoms with Gasteiger partial charge in [-0.05, 0) is 19.1 Å². The molecule has 6 nitrogen and oxygen atoms in total. The molecular weight excluding hydrogens is 306 g/mol. The van der Waals surface area contributed by atoms with Crippen LogP contribution in [0.15, 0.2) is 35.3 Å². The average Bonchev–Trinajstić information content (AvgIpc) is 2.65. The van der Waals surface area contributed by atoms with Crippen molar-refractivity contribution in [3.05, 3.63) is 30.3 Å². The molecule has 0 aromatic heterocycles. The summed E-state index contributed by atoms with van der Waals surface area (Å²) in [5.41, 5.74) is -0.207. The fraction of sp³-hybridized carbons (Fsp3) is 0.611. The molecule has 2 N–H and O–H groups in total. The number of aliphatic imine (C=N–C) groups is 1. The van der Waals surface area contributed by atoms with E-state index in [2.05, 4.69) is 22.5 Å². The third-order valence-electron chi connectivity index (χ3n) is 4.11. The zero-order chi connectivity index (χ0) is 17.1. The van der Waals surface area contributed by atoms with Crippen molar-refractivity contribution >= 4 is 5.96 Å². The highest BCUT2D eigenvalue weighted by atomic mass is 16.5. The number of methoxy groups -OCH3 is 1. The maximum atomic E-state index is 5.72. The van der Waals surface area contributed by atoms with E-state index in [4.69, 9.17) is 14.2 Å². The van der Waals surface area contributed by atoms with Crippen molar-refractivity contribution in [2.45, 2.75) is 25.4 Å². The molecule has 1 aromatic rings. The highest BCUT2D eigenvalue weighted by Crippen LogP contribution is 2.24. The fourth-order valence-corrected chi connectivity index (χ4v) is 2.59. The molecule has 0 spiro atoms. The second-order valence-corrected chi connectivity index (χ2v) is 5.78. The van der Waals surface area contributed by atoms with Crippen molar-refractivity contribution in [2.75, 3.05) is 46.6 Å². The molecule has 0 amide bonds. The summed E-state index contributed by atoms with van der Waals surface area (Å²) in [5, 5.41) is 6.56. The number of rotatable bonds is 8. The van der Waals surface area contributed by atoms with Crippen molar-refractivity contribution in [2.24, 2.45) is 4.99 Å². The first-order valence-corrected chi connectivity index (χ1v) is 8.61. The highest BCUT2D eigenvalue weighted by Gasteiger charge is 2.32. The predicted molar refractivity (Wildman–Crippen MR) is 95.7 cm³/mol. The minimum atomic E-state index is -0.207. The number of nitrogens with one attached hydrogen (secondary N) is 2. The van der Waals surface area contributed by atoms with Gasteiger partial charge in [0.15, 0.2) is 5.96 Å². The Morgan fingerprint density at radius 1 is 1.21 bits per heavy atom. The summed E-state index contributed by atoms with van der Waals surface area (Å²) >= 11 is 0. The molecule has 0 saturated carbocycles. The number of hydrogen-bond donors (Lipinski definition) is 2. The molecule has 0 unspecified atom stereocenters. The third kappa shape index (κ3) is 6.02. The lowest BCUT2D eigenvalue weighted by Crippen LogP contribution is -2.44. The zero-order valence-corrected chi connectivity index (χ0v) is 14.7. The largest absolute Gasteiger partial charge is 0.492 e. The van der Waals surface area contributed by atoms with E-state index in [0.29, 0.717) is 19.7 Å². The Morgan fingerprint density at radius 3 is 2.62 bits per heavy atom. The SMILES string of the molecule is CCNC(=NCC1(OC)CCOCC1)NCCOc1ccccc1. The van der Waals surface area contributed by atoms with Gasteiger partial charge in [0.25, 0.3) is 0 Å². The molecule has 1 heterocycles. The van der Waals surface area contributed by atoms with Crippen LogP contribution < -0.4 is 15.4 Å². The number of guanidine groups is 1. The lowest BCUT2D eigenvalue weighted by atomic mass is 9.94. The van der Waals surface area contributed by atoms with Crippen LogP contribution in [-0.4, -0.2) is 58.1 Å². The molecule has 6 heteroatoms. The molecule has 1 aliphatic rings. The van der Waals surface area contributed by atoms with E-state index in [-0.39, 0.29) is 5.60 Å². The first-order valence-electron chi connectivity index (χ1n) is 8.61. The number of para-hydroxylation sites is 1. The summed E-state index contributed by atoms with van der Waals surface area (Å²) < 4.78 is 16.8. The monoisotopic (exact) mass is 335 g/mol. The van der Waals surface area contributed by atoms with Crippen LogP contribution in [0.5, 0.6) is 5.75 Å². The van der Waals surface area contributed by atoms with Crippen LogP contribution in [0.4, 0.5) is 0 Å². The van der Waals surface area contributed by atoms with Crippen LogP contribution >= 0.6 is 0 Å². The molecule has 2 rings (SSSR count). The summed E-state index contributed by atoms with van der Waals surface area (Å²) in [4.78, 5) is 4.68. The molecule has 0 aliphatic carbocycles. The smallest absolute Gasteiger partial charge is 0.191 e. The normalized spacial score (nSPS) is 17.3. The van der Waals surface area contributed by atoms with Crippen LogP contribution in [0.3, 0.4) is 0 Å². The minimum Gasteiger partial charge on any atom is -0.492 e. The van der Waals surface area contributed by atoms with E-state index < -0.39 is 0 Å². The average molecular weight is 335 g/mol. The Balaban J connectivity index is 1.79.